The number of benzene rings is 2. The maximum absolute atomic E-state index is 12.6. The Balaban J connectivity index is 2.12. The summed E-state index contributed by atoms with van der Waals surface area (Å²) in [6.07, 6.45) is -1.69. The molecule has 0 heterocycles. The number of carbonyl (C=O) groups is 2. The first-order valence-corrected chi connectivity index (χ1v) is 9.22. The number of rotatable bonds is 8. The number of carboxylic acids is 1. The second-order valence-electron chi connectivity index (χ2n) is 5.73. The summed E-state index contributed by atoms with van der Waals surface area (Å²) in [6, 6.07) is 9.29. The van der Waals surface area contributed by atoms with Gasteiger partial charge < -0.3 is 9.84 Å². The highest BCUT2D eigenvalue weighted by Crippen LogP contribution is 2.29. The molecule has 0 fully saturated rings. The molecule has 0 bridgehead atoms. The minimum absolute atomic E-state index is 0.0743. The lowest BCUT2D eigenvalue weighted by Crippen LogP contribution is -2.04. The molecule has 2 rings (SSSR count). The van der Waals surface area contributed by atoms with Crippen molar-refractivity contribution in [2.45, 2.75) is 11.9 Å². The Morgan fingerprint density at radius 2 is 1.82 bits per heavy atom. The van der Waals surface area contributed by atoms with Crippen LogP contribution in [0.5, 0.6) is 5.75 Å². The molecule has 148 valence electrons. The van der Waals surface area contributed by atoms with Crippen LogP contribution >= 0.6 is 11.8 Å². The average molecular weight is 410 g/mol. The number of halogens is 3. The zero-order valence-corrected chi connectivity index (χ0v) is 15.6. The van der Waals surface area contributed by atoms with E-state index in [9.17, 15) is 22.8 Å². The predicted molar refractivity (Wildman–Crippen MR) is 102 cm³/mol. The average Bonchev–Trinajstić information content (AvgIpc) is 2.65. The van der Waals surface area contributed by atoms with Gasteiger partial charge in [0, 0.05) is 16.9 Å². The number of allylic oxidation sites excluding steroid dienone is 1. The fourth-order valence-corrected chi connectivity index (χ4v) is 3.07. The second-order valence-corrected chi connectivity index (χ2v) is 6.72. The Hall–Kier alpha value is -2.74. The van der Waals surface area contributed by atoms with Crippen LogP contribution in [-0.4, -0.2) is 29.7 Å². The van der Waals surface area contributed by atoms with Crippen molar-refractivity contribution < 1.29 is 32.6 Å². The van der Waals surface area contributed by atoms with Gasteiger partial charge in [-0.05, 0) is 42.0 Å². The molecular formula is C20H17F3O4S. The summed E-state index contributed by atoms with van der Waals surface area (Å²) in [6.45, 7) is 0. The molecule has 0 aliphatic carbocycles. The van der Waals surface area contributed by atoms with Crippen molar-refractivity contribution in [3.05, 3.63) is 70.8 Å². The number of carbonyl (C=O) groups excluding carboxylic acids is 1. The molecule has 2 aromatic carbocycles. The van der Waals surface area contributed by atoms with Gasteiger partial charge in [-0.2, -0.15) is 13.2 Å². The number of ether oxygens (including phenoxy) is 1. The van der Waals surface area contributed by atoms with Crippen LogP contribution in [0, 0.1) is 0 Å². The molecule has 28 heavy (non-hydrogen) atoms. The number of thioether (sulfide) groups is 1. The minimum atomic E-state index is -4.41. The van der Waals surface area contributed by atoms with E-state index in [-0.39, 0.29) is 11.5 Å². The number of carboxylic acid groups (broad SMARTS) is 1. The van der Waals surface area contributed by atoms with Crippen LogP contribution < -0.4 is 4.74 Å². The summed E-state index contributed by atoms with van der Waals surface area (Å²) in [5.41, 5.74) is 0.763. The summed E-state index contributed by atoms with van der Waals surface area (Å²) in [5, 5.41) is 8.72. The molecule has 0 atom stereocenters. The van der Waals surface area contributed by atoms with E-state index >= 15 is 0 Å². The normalized spacial score (nSPS) is 11.6. The zero-order chi connectivity index (χ0) is 20.7. The second kappa shape index (κ2) is 9.45. The molecule has 0 spiro atoms. The molecule has 0 aromatic heterocycles. The van der Waals surface area contributed by atoms with Gasteiger partial charge in [0.25, 0.3) is 0 Å². The molecule has 0 radical (unpaired) electrons. The molecule has 2 aromatic rings. The smallest absolute Gasteiger partial charge is 0.416 e. The van der Waals surface area contributed by atoms with Gasteiger partial charge in [0.05, 0.1) is 18.4 Å². The van der Waals surface area contributed by atoms with Crippen LogP contribution in [0.3, 0.4) is 0 Å². The molecule has 0 aliphatic rings. The van der Waals surface area contributed by atoms with Gasteiger partial charge in [0.15, 0.2) is 5.78 Å². The molecule has 0 amide bonds. The van der Waals surface area contributed by atoms with Gasteiger partial charge in [0.2, 0.25) is 0 Å². The Labute approximate surface area is 164 Å². The standard InChI is InChI=1S/C20H17F3O4S/c1-27-18-9-5-14(10-15(18)11-28-12-19(25)26)17(24)8-4-13-2-6-16(7-3-13)20(21,22)23/h2-10H,11-12H2,1H3,(H,25,26). The molecular weight excluding hydrogens is 393 g/mol. The van der Waals surface area contributed by atoms with Crippen LogP contribution in [0.15, 0.2) is 48.5 Å². The lowest BCUT2D eigenvalue weighted by atomic mass is 10.1. The fraction of sp³-hybridized carbons (Fsp3) is 0.200. The third-order valence-electron chi connectivity index (χ3n) is 3.71. The van der Waals surface area contributed by atoms with Crippen molar-refractivity contribution in [1.29, 1.82) is 0 Å². The fourth-order valence-electron chi connectivity index (χ4n) is 2.34. The Morgan fingerprint density at radius 1 is 1.14 bits per heavy atom. The summed E-state index contributed by atoms with van der Waals surface area (Å²) in [4.78, 5) is 23.0. The van der Waals surface area contributed by atoms with Crippen LogP contribution in [0.4, 0.5) is 13.2 Å². The minimum Gasteiger partial charge on any atom is -0.496 e. The maximum Gasteiger partial charge on any atom is 0.416 e. The number of hydrogen-bond acceptors (Lipinski definition) is 4. The van der Waals surface area contributed by atoms with E-state index in [1.54, 1.807) is 18.2 Å². The van der Waals surface area contributed by atoms with Gasteiger partial charge in [-0.1, -0.05) is 18.2 Å². The first kappa shape index (κ1) is 21.6. The van der Waals surface area contributed by atoms with Crippen molar-refractivity contribution in [2.75, 3.05) is 12.9 Å². The van der Waals surface area contributed by atoms with Gasteiger partial charge >= 0.3 is 12.1 Å². The van der Waals surface area contributed by atoms with Crippen molar-refractivity contribution in [1.82, 2.24) is 0 Å². The van der Waals surface area contributed by atoms with Gasteiger partial charge in [0.1, 0.15) is 5.75 Å². The zero-order valence-electron chi connectivity index (χ0n) is 14.8. The number of alkyl halides is 3. The Kier molecular flexibility index (Phi) is 7.28. The van der Waals surface area contributed by atoms with Crippen molar-refractivity contribution in [2.24, 2.45) is 0 Å². The number of hydrogen-bond donors (Lipinski definition) is 1. The predicted octanol–water partition coefficient (Wildman–Crippen LogP) is 4.93. The lowest BCUT2D eigenvalue weighted by Gasteiger charge is -2.09. The third-order valence-corrected chi connectivity index (χ3v) is 4.68. The molecule has 0 saturated carbocycles. The maximum atomic E-state index is 12.6. The summed E-state index contributed by atoms with van der Waals surface area (Å²) in [7, 11) is 1.48. The number of ketones is 1. The Bertz CT molecular complexity index is 874. The van der Waals surface area contributed by atoms with Gasteiger partial charge in [-0.15, -0.1) is 11.8 Å². The van der Waals surface area contributed by atoms with E-state index in [1.807, 2.05) is 0 Å². The van der Waals surface area contributed by atoms with Crippen LogP contribution in [-0.2, 0) is 16.7 Å². The third kappa shape index (κ3) is 6.16. The topological polar surface area (TPSA) is 63.6 Å². The van der Waals surface area contributed by atoms with Crippen molar-refractivity contribution >= 4 is 29.6 Å². The molecule has 0 unspecified atom stereocenters. The molecule has 1 N–H and O–H groups in total. The molecule has 4 nitrogen and oxygen atoms in total. The molecule has 0 saturated heterocycles. The molecule has 0 aliphatic heterocycles. The monoisotopic (exact) mass is 410 g/mol. The summed E-state index contributed by atoms with van der Waals surface area (Å²) >= 11 is 1.18. The van der Waals surface area contributed by atoms with E-state index in [2.05, 4.69) is 0 Å². The van der Waals surface area contributed by atoms with E-state index < -0.39 is 17.7 Å². The number of methoxy groups -OCH3 is 1. The largest absolute Gasteiger partial charge is 0.496 e. The highest BCUT2D eigenvalue weighted by atomic mass is 32.2. The summed E-state index contributed by atoms with van der Waals surface area (Å²) in [5.74, 6) is -0.433. The van der Waals surface area contributed by atoms with E-state index in [0.717, 1.165) is 12.1 Å². The van der Waals surface area contributed by atoms with Gasteiger partial charge in [-0.25, -0.2) is 0 Å². The first-order valence-electron chi connectivity index (χ1n) is 8.07. The van der Waals surface area contributed by atoms with Crippen molar-refractivity contribution in [3.8, 4) is 5.75 Å². The lowest BCUT2D eigenvalue weighted by molar-refractivity contribution is -0.137. The highest BCUT2D eigenvalue weighted by molar-refractivity contribution is 7.99. The van der Waals surface area contributed by atoms with Crippen molar-refractivity contribution in [3.63, 3.8) is 0 Å². The highest BCUT2D eigenvalue weighted by Gasteiger charge is 2.29. The first-order chi connectivity index (χ1) is 13.2. The van der Waals surface area contributed by atoms with E-state index in [4.69, 9.17) is 9.84 Å². The van der Waals surface area contributed by atoms with E-state index in [1.165, 1.54) is 43.2 Å². The number of aliphatic carboxylic acids is 1. The summed E-state index contributed by atoms with van der Waals surface area (Å²) < 4.78 is 42.9. The van der Waals surface area contributed by atoms with Gasteiger partial charge in [-0.3, -0.25) is 9.59 Å². The Morgan fingerprint density at radius 3 is 2.39 bits per heavy atom. The molecule has 8 heteroatoms. The van der Waals surface area contributed by atoms with Crippen LogP contribution in [0.2, 0.25) is 0 Å². The van der Waals surface area contributed by atoms with Crippen LogP contribution in [0.1, 0.15) is 27.0 Å². The quantitative estimate of drug-likeness (QED) is 0.494. The SMILES string of the molecule is COc1ccc(C(=O)C=Cc2ccc(C(F)(F)F)cc2)cc1CSCC(=O)O. The van der Waals surface area contributed by atoms with E-state index in [0.29, 0.717) is 28.2 Å². The van der Waals surface area contributed by atoms with Crippen LogP contribution in [0.25, 0.3) is 6.08 Å².